The van der Waals surface area contributed by atoms with Gasteiger partial charge in [-0.3, -0.25) is 4.40 Å². The minimum absolute atomic E-state index is 0.194. The van der Waals surface area contributed by atoms with E-state index in [-0.39, 0.29) is 12.7 Å². The van der Waals surface area contributed by atoms with Crippen LogP contribution >= 0.6 is 11.6 Å². The molecule has 2 aromatic heterocycles. The van der Waals surface area contributed by atoms with Crippen molar-refractivity contribution in [3.63, 3.8) is 0 Å². The number of benzene rings is 1. The zero-order valence-corrected chi connectivity index (χ0v) is 22.4. The number of nitrogens with two attached hydrogens (primary N) is 1. The number of nitrogens with zero attached hydrogens (tertiary/aromatic N) is 5. The normalized spacial score (nSPS) is 14.2. The molecule has 0 spiro atoms. The molecule has 0 unspecified atom stereocenters. The first-order chi connectivity index (χ1) is 17.6. The number of aromatic nitrogens is 3. The van der Waals surface area contributed by atoms with Crippen molar-refractivity contribution in [3.8, 4) is 17.0 Å². The molecule has 200 valence electrons. The Bertz CT molecular complexity index is 1270. The maximum Gasteiger partial charge on any atom is 0.410 e. The van der Waals surface area contributed by atoms with Gasteiger partial charge in [0, 0.05) is 57.2 Å². The summed E-state index contributed by atoms with van der Waals surface area (Å²) in [6.45, 7) is 8.63. The van der Waals surface area contributed by atoms with E-state index in [1.165, 1.54) is 7.11 Å². The van der Waals surface area contributed by atoms with Gasteiger partial charge in [-0.15, -0.1) is 0 Å². The van der Waals surface area contributed by atoms with Crippen LogP contribution in [0.2, 0.25) is 5.02 Å². The molecule has 1 aliphatic rings. The molecule has 37 heavy (non-hydrogen) atoms. The lowest BCUT2D eigenvalue weighted by Crippen LogP contribution is -2.50. The Hall–Kier alpha value is -3.28. The number of hydrogen-bond acceptors (Lipinski definition) is 9. The summed E-state index contributed by atoms with van der Waals surface area (Å²) < 4.78 is 12.6. The van der Waals surface area contributed by atoms with Crippen molar-refractivity contribution in [3.05, 3.63) is 35.1 Å². The van der Waals surface area contributed by atoms with Crippen LogP contribution in [-0.4, -0.2) is 82.4 Å². The monoisotopic (exact) mass is 531 g/mol. The number of rotatable bonds is 7. The van der Waals surface area contributed by atoms with Gasteiger partial charge in [-0.05, 0) is 38.5 Å². The molecule has 12 heteroatoms. The van der Waals surface area contributed by atoms with Crippen LogP contribution in [0.1, 0.15) is 26.3 Å². The van der Waals surface area contributed by atoms with Gasteiger partial charge in [0.15, 0.2) is 5.82 Å². The average molecular weight is 532 g/mol. The van der Waals surface area contributed by atoms with Gasteiger partial charge in [0.05, 0.1) is 30.1 Å². The van der Waals surface area contributed by atoms with Gasteiger partial charge in [0.1, 0.15) is 11.4 Å². The highest BCUT2D eigenvalue weighted by molar-refractivity contribution is 6.32. The van der Waals surface area contributed by atoms with Crippen molar-refractivity contribution in [2.24, 2.45) is 5.73 Å². The quantitative estimate of drug-likeness (QED) is 0.421. The van der Waals surface area contributed by atoms with E-state index in [9.17, 15) is 9.90 Å². The number of piperazine rings is 1. The third-order valence-electron chi connectivity index (χ3n) is 5.94. The van der Waals surface area contributed by atoms with Crippen LogP contribution in [0.4, 0.5) is 16.3 Å². The molecule has 0 bridgehead atoms. The molecule has 0 atom stereocenters. The van der Waals surface area contributed by atoms with Gasteiger partial charge in [0.2, 0.25) is 5.78 Å². The summed E-state index contributed by atoms with van der Waals surface area (Å²) in [4.78, 5) is 25.9. The van der Waals surface area contributed by atoms with Crippen LogP contribution in [0, 0.1) is 0 Å². The van der Waals surface area contributed by atoms with Gasteiger partial charge in [-0.25, -0.2) is 9.78 Å². The van der Waals surface area contributed by atoms with Gasteiger partial charge < -0.3 is 35.4 Å². The van der Waals surface area contributed by atoms with E-state index in [1.54, 1.807) is 17.0 Å². The largest absolute Gasteiger partial charge is 0.495 e. The fourth-order valence-corrected chi connectivity index (χ4v) is 4.40. The number of aliphatic hydroxyl groups excluding tert-OH is 1. The van der Waals surface area contributed by atoms with Gasteiger partial charge in [-0.1, -0.05) is 11.6 Å². The standard InChI is InChI=1S/C25H34ClN7O4/c1-25(2,3)37-24(35)32-9-7-31(8-10-32)22-20(28-6-5-27)14-33-13-19(29-23(33)30-22)17-12-18(26)21(36-4)11-16(17)15-34/h11-14,28,34H,5-10,15,27H2,1-4H3. The number of anilines is 2. The highest BCUT2D eigenvalue weighted by Crippen LogP contribution is 2.34. The van der Waals surface area contributed by atoms with Crippen molar-refractivity contribution in [2.45, 2.75) is 33.0 Å². The van der Waals surface area contributed by atoms with E-state index in [2.05, 4.69) is 10.2 Å². The summed E-state index contributed by atoms with van der Waals surface area (Å²) in [5.41, 5.74) is 7.98. The molecule has 0 aliphatic carbocycles. The Kier molecular flexibility index (Phi) is 7.96. The van der Waals surface area contributed by atoms with Crippen LogP contribution < -0.4 is 20.7 Å². The Labute approximate surface area is 221 Å². The average Bonchev–Trinajstić information content (AvgIpc) is 3.28. The predicted molar refractivity (Wildman–Crippen MR) is 143 cm³/mol. The molecule has 1 aliphatic heterocycles. The van der Waals surface area contributed by atoms with Crippen LogP contribution in [0.5, 0.6) is 5.75 Å². The van der Waals surface area contributed by atoms with Crippen LogP contribution in [-0.2, 0) is 11.3 Å². The molecular weight excluding hydrogens is 498 g/mol. The Morgan fingerprint density at radius 1 is 1.19 bits per heavy atom. The summed E-state index contributed by atoms with van der Waals surface area (Å²) in [6.07, 6.45) is 3.46. The lowest BCUT2D eigenvalue weighted by molar-refractivity contribution is 0.0240. The molecule has 0 saturated carbocycles. The van der Waals surface area contributed by atoms with Crippen LogP contribution in [0.3, 0.4) is 0 Å². The minimum Gasteiger partial charge on any atom is -0.495 e. The molecule has 1 saturated heterocycles. The fraction of sp³-hybridized carbons (Fsp3) is 0.480. The topological polar surface area (TPSA) is 130 Å². The highest BCUT2D eigenvalue weighted by atomic mass is 35.5. The molecule has 1 amide bonds. The number of halogens is 1. The van der Waals surface area contributed by atoms with Crippen molar-refractivity contribution in [1.82, 2.24) is 19.3 Å². The molecule has 11 nitrogen and oxygen atoms in total. The Morgan fingerprint density at radius 2 is 1.92 bits per heavy atom. The number of carbonyl (C=O) groups is 1. The summed E-state index contributed by atoms with van der Waals surface area (Å²) in [5.74, 6) is 1.71. The van der Waals surface area contributed by atoms with Gasteiger partial charge >= 0.3 is 6.09 Å². The van der Waals surface area contributed by atoms with E-state index < -0.39 is 5.60 Å². The number of fused-ring (bicyclic) bond motifs is 1. The van der Waals surface area contributed by atoms with E-state index in [1.807, 2.05) is 37.6 Å². The molecule has 0 radical (unpaired) electrons. The van der Waals surface area contributed by atoms with Crippen molar-refractivity contribution in [1.29, 1.82) is 0 Å². The number of imidazole rings is 1. The van der Waals surface area contributed by atoms with Gasteiger partial charge in [-0.2, -0.15) is 4.98 Å². The molecule has 1 aromatic carbocycles. The third-order valence-corrected chi connectivity index (χ3v) is 6.24. The molecular formula is C25H34ClN7O4. The maximum atomic E-state index is 12.5. The zero-order chi connectivity index (χ0) is 26.7. The number of methoxy groups -OCH3 is 1. The SMILES string of the molecule is COc1cc(CO)c(-c2cn3cc(NCCN)c(N4CCN(C(=O)OC(C)(C)C)CC4)nc3n2)cc1Cl. The first kappa shape index (κ1) is 26.8. The smallest absolute Gasteiger partial charge is 0.410 e. The zero-order valence-electron chi connectivity index (χ0n) is 21.6. The van der Waals surface area contributed by atoms with E-state index in [0.717, 1.165) is 11.5 Å². The molecule has 4 rings (SSSR count). The number of ether oxygens (including phenoxy) is 2. The second-order valence-corrected chi connectivity index (χ2v) is 10.2. The molecule has 3 aromatic rings. The lowest BCUT2D eigenvalue weighted by Gasteiger charge is -2.36. The number of carbonyl (C=O) groups excluding carboxylic acids is 1. The van der Waals surface area contributed by atoms with E-state index in [4.69, 9.17) is 36.8 Å². The maximum absolute atomic E-state index is 12.5. The Morgan fingerprint density at radius 3 is 2.54 bits per heavy atom. The summed E-state index contributed by atoms with van der Waals surface area (Å²) in [5, 5.41) is 13.7. The lowest BCUT2D eigenvalue weighted by atomic mass is 10.1. The third kappa shape index (κ3) is 6.00. The van der Waals surface area contributed by atoms with Crippen LogP contribution in [0.25, 0.3) is 17.0 Å². The first-order valence-corrected chi connectivity index (χ1v) is 12.6. The number of aliphatic hydroxyl groups is 1. The summed E-state index contributed by atoms with van der Waals surface area (Å²) in [6, 6.07) is 3.44. The minimum atomic E-state index is -0.539. The molecule has 1 fully saturated rings. The number of hydrogen-bond donors (Lipinski definition) is 3. The highest BCUT2D eigenvalue weighted by Gasteiger charge is 2.28. The molecule has 4 N–H and O–H groups in total. The number of nitrogens with one attached hydrogen (secondary N) is 1. The first-order valence-electron chi connectivity index (χ1n) is 12.2. The number of amides is 1. The predicted octanol–water partition coefficient (Wildman–Crippen LogP) is 2.98. The van der Waals surface area contributed by atoms with Crippen LogP contribution in [0.15, 0.2) is 24.5 Å². The van der Waals surface area contributed by atoms with Crippen molar-refractivity contribution in [2.75, 3.05) is 56.6 Å². The Balaban J connectivity index is 1.64. The van der Waals surface area contributed by atoms with Crippen molar-refractivity contribution < 1.29 is 19.4 Å². The summed E-state index contributed by atoms with van der Waals surface area (Å²) >= 11 is 6.36. The second kappa shape index (κ2) is 11.0. The fourth-order valence-electron chi connectivity index (χ4n) is 4.16. The second-order valence-electron chi connectivity index (χ2n) is 9.78. The summed E-state index contributed by atoms with van der Waals surface area (Å²) in [7, 11) is 1.53. The van der Waals surface area contributed by atoms with Gasteiger partial charge in [0.25, 0.3) is 0 Å². The van der Waals surface area contributed by atoms with E-state index >= 15 is 0 Å². The molecule has 3 heterocycles. The van der Waals surface area contributed by atoms with Crippen molar-refractivity contribution >= 4 is 35.0 Å². The van der Waals surface area contributed by atoms with E-state index in [0.29, 0.717) is 72.6 Å².